The minimum absolute atomic E-state index is 0.327. The van der Waals surface area contributed by atoms with E-state index in [1.54, 1.807) is 6.92 Å². The summed E-state index contributed by atoms with van der Waals surface area (Å²) in [4.78, 5) is 21.6. The van der Waals surface area contributed by atoms with Crippen LogP contribution >= 0.6 is 0 Å². The molecule has 0 heterocycles. The highest BCUT2D eigenvalue weighted by atomic mass is 16.4. The van der Waals surface area contributed by atoms with Crippen molar-refractivity contribution in [3.8, 4) is 0 Å². The minimum atomic E-state index is -0.833. The van der Waals surface area contributed by atoms with Gasteiger partial charge in [-0.25, -0.2) is 0 Å². The van der Waals surface area contributed by atoms with Gasteiger partial charge >= 0.3 is 5.97 Å². The molecule has 0 radical (unpaired) electrons. The number of carboxylic acids is 1. The molecule has 1 unspecified atom stereocenters. The lowest BCUT2D eigenvalue weighted by atomic mass is 9.76. The number of hydrogen-bond acceptors (Lipinski definition) is 3. The van der Waals surface area contributed by atoms with Crippen LogP contribution in [-0.4, -0.2) is 29.1 Å². The average Bonchev–Trinajstić information content (AvgIpc) is 2.00. The van der Waals surface area contributed by atoms with Gasteiger partial charge in [0, 0.05) is 12.5 Å². The number of carboxylic acid groups (broad SMARTS) is 1. The number of hydrogen-bond donors (Lipinski definition) is 3. The molecule has 1 rings (SSSR count). The number of carbonyl (C=O) groups excluding carboxylic acids is 1. The topological polar surface area (TPSA) is 92.4 Å². The summed E-state index contributed by atoms with van der Waals surface area (Å²) in [6.07, 6.45) is 2.19. The van der Waals surface area contributed by atoms with Crippen LogP contribution in [0.15, 0.2) is 0 Å². The predicted molar refractivity (Wildman–Crippen MR) is 50.6 cm³/mol. The molecule has 80 valence electrons. The van der Waals surface area contributed by atoms with E-state index in [0.29, 0.717) is 19.4 Å². The summed E-state index contributed by atoms with van der Waals surface area (Å²) in [5.41, 5.74) is 4.27. The Morgan fingerprint density at radius 1 is 1.57 bits per heavy atom. The summed E-state index contributed by atoms with van der Waals surface area (Å²) in [6.45, 7) is 2.02. The van der Waals surface area contributed by atoms with Crippen LogP contribution in [0.3, 0.4) is 0 Å². The molecule has 1 fully saturated rings. The van der Waals surface area contributed by atoms with Crippen molar-refractivity contribution in [1.29, 1.82) is 0 Å². The highest BCUT2D eigenvalue weighted by Crippen LogP contribution is 2.31. The molecule has 0 saturated heterocycles. The van der Waals surface area contributed by atoms with E-state index < -0.39 is 17.4 Å². The maximum atomic E-state index is 10.9. The van der Waals surface area contributed by atoms with E-state index in [4.69, 9.17) is 10.8 Å². The quantitative estimate of drug-likeness (QED) is 0.568. The standard InChI is InChI=1S/C9H16N2O3/c1-6(7(10)12)5-11-9(8(13)14)3-2-4-9/h6,11H,2-5H2,1H3,(H2,10,12)(H,13,14). The Morgan fingerprint density at radius 2 is 2.14 bits per heavy atom. The lowest BCUT2D eigenvalue weighted by Gasteiger charge is -2.39. The van der Waals surface area contributed by atoms with E-state index in [2.05, 4.69) is 5.32 Å². The Hall–Kier alpha value is -1.10. The molecule has 0 aromatic rings. The number of amides is 1. The van der Waals surface area contributed by atoms with Gasteiger partial charge in [-0.15, -0.1) is 0 Å². The van der Waals surface area contributed by atoms with Crippen molar-refractivity contribution in [2.45, 2.75) is 31.7 Å². The second kappa shape index (κ2) is 3.96. The fourth-order valence-corrected chi connectivity index (χ4v) is 1.45. The second-order valence-corrected chi connectivity index (χ2v) is 3.93. The van der Waals surface area contributed by atoms with Crippen molar-refractivity contribution < 1.29 is 14.7 Å². The number of nitrogens with one attached hydrogen (secondary N) is 1. The minimum Gasteiger partial charge on any atom is -0.480 e. The molecular weight excluding hydrogens is 184 g/mol. The monoisotopic (exact) mass is 200 g/mol. The molecule has 0 aromatic heterocycles. The van der Waals surface area contributed by atoms with Gasteiger partial charge in [0.25, 0.3) is 0 Å². The number of aliphatic carboxylic acids is 1. The number of carbonyl (C=O) groups is 2. The van der Waals surface area contributed by atoms with Gasteiger partial charge in [0.15, 0.2) is 0 Å². The first kappa shape index (κ1) is 11.0. The van der Waals surface area contributed by atoms with Gasteiger partial charge in [-0.1, -0.05) is 6.92 Å². The molecule has 5 heteroatoms. The second-order valence-electron chi connectivity index (χ2n) is 3.93. The van der Waals surface area contributed by atoms with Crippen molar-refractivity contribution in [2.75, 3.05) is 6.54 Å². The fraction of sp³-hybridized carbons (Fsp3) is 0.778. The molecule has 0 aliphatic heterocycles. The largest absolute Gasteiger partial charge is 0.480 e. The van der Waals surface area contributed by atoms with Gasteiger partial charge in [0.05, 0.1) is 0 Å². The maximum absolute atomic E-state index is 10.9. The molecule has 14 heavy (non-hydrogen) atoms. The normalized spacial score (nSPS) is 20.9. The first-order valence-corrected chi connectivity index (χ1v) is 4.76. The average molecular weight is 200 g/mol. The third kappa shape index (κ3) is 2.04. The first-order chi connectivity index (χ1) is 6.48. The highest BCUT2D eigenvalue weighted by molar-refractivity contribution is 5.80. The fourth-order valence-electron chi connectivity index (χ4n) is 1.45. The smallest absolute Gasteiger partial charge is 0.323 e. The number of nitrogens with two attached hydrogens (primary N) is 1. The van der Waals surface area contributed by atoms with E-state index in [9.17, 15) is 9.59 Å². The van der Waals surface area contributed by atoms with Crippen molar-refractivity contribution in [3.05, 3.63) is 0 Å². The predicted octanol–water partition coefficient (Wildman–Crippen LogP) is -0.295. The lowest BCUT2D eigenvalue weighted by Crippen LogP contribution is -2.58. The zero-order chi connectivity index (χ0) is 10.8. The van der Waals surface area contributed by atoms with Gasteiger partial charge in [0.1, 0.15) is 5.54 Å². The highest BCUT2D eigenvalue weighted by Gasteiger charge is 2.44. The van der Waals surface area contributed by atoms with E-state index >= 15 is 0 Å². The molecule has 1 amide bonds. The van der Waals surface area contributed by atoms with Crippen LogP contribution < -0.4 is 11.1 Å². The van der Waals surface area contributed by atoms with Crippen LogP contribution in [0.4, 0.5) is 0 Å². The molecule has 1 atom stereocenters. The summed E-state index contributed by atoms with van der Waals surface area (Å²) >= 11 is 0. The Kier molecular flexibility index (Phi) is 3.10. The summed E-state index contributed by atoms with van der Waals surface area (Å²) < 4.78 is 0. The van der Waals surface area contributed by atoms with Crippen LogP contribution in [0.2, 0.25) is 0 Å². The summed E-state index contributed by atoms with van der Waals surface area (Å²) in [5.74, 6) is -1.57. The third-order valence-electron chi connectivity index (χ3n) is 2.85. The molecule has 1 aliphatic rings. The molecule has 1 saturated carbocycles. The van der Waals surface area contributed by atoms with E-state index in [-0.39, 0.29) is 5.92 Å². The van der Waals surface area contributed by atoms with Crippen molar-refractivity contribution >= 4 is 11.9 Å². The van der Waals surface area contributed by atoms with Crippen LogP contribution in [-0.2, 0) is 9.59 Å². The van der Waals surface area contributed by atoms with Crippen molar-refractivity contribution in [3.63, 3.8) is 0 Å². The van der Waals surface area contributed by atoms with Gasteiger partial charge in [-0.3, -0.25) is 9.59 Å². The Morgan fingerprint density at radius 3 is 2.43 bits per heavy atom. The van der Waals surface area contributed by atoms with Crippen LogP contribution in [0.25, 0.3) is 0 Å². The van der Waals surface area contributed by atoms with Crippen molar-refractivity contribution in [2.24, 2.45) is 11.7 Å². The Balaban J connectivity index is 2.43. The van der Waals surface area contributed by atoms with Crippen LogP contribution in [0.5, 0.6) is 0 Å². The van der Waals surface area contributed by atoms with Gasteiger partial charge in [0.2, 0.25) is 5.91 Å². The molecule has 1 aliphatic carbocycles. The third-order valence-corrected chi connectivity index (χ3v) is 2.85. The van der Waals surface area contributed by atoms with Gasteiger partial charge in [-0.2, -0.15) is 0 Å². The van der Waals surface area contributed by atoms with E-state index in [1.165, 1.54) is 0 Å². The van der Waals surface area contributed by atoms with E-state index in [1.807, 2.05) is 0 Å². The van der Waals surface area contributed by atoms with E-state index in [0.717, 1.165) is 6.42 Å². The van der Waals surface area contributed by atoms with Crippen molar-refractivity contribution in [1.82, 2.24) is 5.32 Å². The van der Waals surface area contributed by atoms with Gasteiger partial charge in [-0.05, 0) is 19.3 Å². The summed E-state index contributed by atoms with van der Waals surface area (Å²) in [5, 5.41) is 11.9. The maximum Gasteiger partial charge on any atom is 0.323 e. The number of rotatable bonds is 5. The molecule has 4 N–H and O–H groups in total. The zero-order valence-corrected chi connectivity index (χ0v) is 8.25. The molecule has 0 bridgehead atoms. The molecule has 0 spiro atoms. The Bertz CT molecular complexity index is 248. The summed E-state index contributed by atoms with van der Waals surface area (Å²) in [7, 11) is 0. The number of primary amides is 1. The van der Waals surface area contributed by atoms with Gasteiger partial charge < -0.3 is 16.2 Å². The molecule has 5 nitrogen and oxygen atoms in total. The molecular formula is C9H16N2O3. The zero-order valence-electron chi connectivity index (χ0n) is 8.25. The lowest BCUT2D eigenvalue weighted by molar-refractivity contribution is -0.149. The van der Waals surface area contributed by atoms with Crippen LogP contribution in [0, 0.1) is 5.92 Å². The summed E-state index contributed by atoms with van der Waals surface area (Å²) in [6, 6.07) is 0. The SMILES string of the molecule is CC(CNC1(C(=O)O)CCC1)C(N)=O. The first-order valence-electron chi connectivity index (χ1n) is 4.76. The Labute approximate surface area is 82.7 Å². The van der Waals surface area contributed by atoms with Crippen LogP contribution in [0.1, 0.15) is 26.2 Å². The molecule has 0 aromatic carbocycles.